The quantitative estimate of drug-likeness (QED) is 0.277. The molecule has 2 N–H and O–H groups in total. The van der Waals surface area contributed by atoms with Gasteiger partial charge in [-0.15, -0.1) is 0 Å². The van der Waals surface area contributed by atoms with Gasteiger partial charge in [-0.05, 0) is 12.8 Å². The van der Waals surface area contributed by atoms with Crippen LogP contribution in [-0.2, 0) is 9.59 Å². The van der Waals surface area contributed by atoms with Crippen molar-refractivity contribution >= 4 is 24.4 Å². The van der Waals surface area contributed by atoms with E-state index in [1.165, 1.54) is 12.1 Å². The lowest BCUT2D eigenvalue weighted by Crippen LogP contribution is -2.32. The smallest absolute Gasteiger partial charge is 0.292 e. The summed E-state index contributed by atoms with van der Waals surface area (Å²) in [5.74, 6) is -1.39. The van der Waals surface area contributed by atoms with E-state index < -0.39 is 11.7 Å². The lowest BCUT2D eigenvalue weighted by atomic mass is 10.0. The minimum absolute atomic E-state index is 0.120. The summed E-state index contributed by atoms with van der Waals surface area (Å²) in [6.45, 7) is 1.06. The van der Waals surface area contributed by atoms with Crippen molar-refractivity contribution in [2.45, 2.75) is 25.7 Å². The first kappa shape index (κ1) is 17.6. The van der Waals surface area contributed by atoms with Gasteiger partial charge in [-0.3, -0.25) is 19.2 Å². The number of carbonyl (C=O) groups is 4. The molecule has 0 aliphatic rings. The Balaban J connectivity index is 2.29. The Morgan fingerprint density at radius 1 is 0.955 bits per heavy atom. The molecular formula is C16H20N2O4. The van der Waals surface area contributed by atoms with E-state index in [-0.39, 0.29) is 11.1 Å². The number of carbonyl (C=O) groups excluding carboxylic acids is 4. The summed E-state index contributed by atoms with van der Waals surface area (Å²) in [4.78, 5) is 44.6. The van der Waals surface area contributed by atoms with Crippen molar-refractivity contribution in [1.29, 1.82) is 0 Å². The highest BCUT2D eigenvalue weighted by Gasteiger charge is 2.18. The summed E-state index contributed by atoms with van der Waals surface area (Å²) >= 11 is 0. The number of Topliss-reactive ketones (excluding diaryl/α,β-unsaturated/α-hetero) is 1. The second-order valence-electron chi connectivity index (χ2n) is 4.78. The number of hydrogen-bond donors (Lipinski definition) is 2. The topological polar surface area (TPSA) is 92.3 Å². The maximum atomic E-state index is 12.0. The van der Waals surface area contributed by atoms with Gasteiger partial charge in [0.2, 0.25) is 6.41 Å². The predicted molar refractivity (Wildman–Crippen MR) is 81.7 cm³/mol. The van der Waals surface area contributed by atoms with Crippen LogP contribution in [0.15, 0.2) is 24.3 Å². The van der Waals surface area contributed by atoms with Gasteiger partial charge >= 0.3 is 0 Å². The minimum Gasteiger partial charge on any atom is -0.359 e. The molecule has 118 valence electrons. The highest BCUT2D eigenvalue weighted by molar-refractivity contribution is 6.43. The second kappa shape index (κ2) is 10.3. The maximum Gasteiger partial charge on any atom is 0.292 e. The number of amides is 2. The average Bonchev–Trinajstić information content (AvgIpc) is 2.56. The van der Waals surface area contributed by atoms with E-state index in [0.29, 0.717) is 25.8 Å². The van der Waals surface area contributed by atoms with Gasteiger partial charge in [0.15, 0.2) is 6.29 Å². The molecule has 0 aromatic heterocycles. The first-order chi connectivity index (χ1) is 10.7. The predicted octanol–water partition coefficient (Wildman–Crippen LogP) is 1.10. The zero-order chi connectivity index (χ0) is 16.2. The van der Waals surface area contributed by atoms with Crippen LogP contribution in [0.25, 0.3) is 0 Å². The fourth-order valence-corrected chi connectivity index (χ4v) is 1.98. The van der Waals surface area contributed by atoms with Crippen LogP contribution < -0.4 is 10.6 Å². The monoisotopic (exact) mass is 304 g/mol. The molecule has 22 heavy (non-hydrogen) atoms. The van der Waals surface area contributed by atoms with Crippen LogP contribution in [0, 0.1) is 0 Å². The molecule has 1 aromatic rings. The van der Waals surface area contributed by atoms with Gasteiger partial charge in [-0.1, -0.05) is 37.1 Å². The minimum atomic E-state index is -0.697. The lowest BCUT2D eigenvalue weighted by molar-refractivity contribution is -0.117. The molecule has 0 aliphatic heterocycles. The fraction of sp³-hybridized carbons (Fsp3) is 0.375. The lowest BCUT2D eigenvalue weighted by Gasteiger charge is -2.06. The van der Waals surface area contributed by atoms with Gasteiger partial charge < -0.3 is 10.6 Å². The van der Waals surface area contributed by atoms with Crippen molar-refractivity contribution in [3.63, 3.8) is 0 Å². The highest BCUT2D eigenvalue weighted by atomic mass is 16.2. The number of benzene rings is 1. The summed E-state index contributed by atoms with van der Waals surface area (Å²) in [6, 6.07) is 6.21. The zero-order valence-electron chi connectivity index (χ0n) is 12.3. The van der Waals surface area contributed by atoms with E-state index >= 15 is 0 Å². The highest BCUT2D eigenvalue weighted by Crippen LogP contribution is 2.07. The van der Waals surface area contributed by atoms with E-state index in [0.717, 1.165) is 25.7 Å². The molecule has 1 aromatic carbocycles. The molecule has 0 aliphatic carbocycles. The molecule has 0 spiro atoms. The molecule has 0 unspecified atom stereocenters. The maximum absolute atomic E-state index is 12.0. The second-order valence-corrected chi connectivity index (χ2v) is 4.78. The Morgan fingerprint density at radius 2 is 1.64 bits per heavy atom. The third kappa shape index (κ3) is 5.87. The standard InChI is InChI=1S/C16H20N2O4/c19-11-13-7-3-4-8-14(13)15(21)16(22)18-10-6-2-1-5-9-17-12-20/h3-4,7-8,11-12H,1-2,5-6,9-10H2,(H,17,20)(H,18,22). The molecule has 0 heterocycles. The van der Waals surface area contributed by atoms with Gasteiger partial charge in [0.25, 0.3) is 11.7 Å². The van der Waals surface area contributed by atoms with E-state index in [1.54, 1.807) is 12.1 Å². The van der Waals surface area contributed by atoms with Gasteiger partial charge in [-0.2, -0.15) is 0 Å². The number of aldehydes is 1. The molecule has 0 atom stereocenters. The van der Waals surface area contributed by atoms with Crippen LogP contribution in [0.2, 0.25) is 0 Å². The van der Waals surface area contributed by atoms with Gasteiger partial charge in [0, 0.05) is 24.2 Å². The normalized spacial score (nSPS) is 9.82. The third-order valence-electron chi connectivity index (χ3n) is 3.16. The summed E-state index contributed by atoms with van der Waals surface area (Å²) in [5.41, 5.74) is 0.334. The van der Waals surface area contributed by atoms with E-state index in [2.05, 4.69) is 10.6 Å². The SMILES string of the molecule is O=CNCCCCCCNC(=O)C(=O)c1ccccc1C=O. The van der Waals surface area contributed by atoms with Crippen LogP contribution in [0.4, 0.5) is 0 Å². The van der Waals surface area contributed by atoms with Crippen molar-refractivity contribution in [3.8, 4) is 0 Å². The van der Waals surface area contributed by atoms with Crippen molar-refractivity contribution in [3.05, 3.63) is 35.4 Å². The molecule has 0 fully saturated rings. The Morgan fingerprint density at radius 3 is 2.32 bits per heavy atom. The molecule has 0 bridgehead atoms. The fourth-order valence-electron chi connectivity index (χ4n) is 1.98. The Kier molecular flexibility index (Phi) is 8.18. The third-order valence-corrected chi connectivity index (χ3v) is 3.16. The van der Waals surface area contributed by atoms with Gasteiger partial charge in [0.05, 0.1) is 0 Å². The Bertz CT molecular complexity index is 529. The number of unbranched alkanes of at least 4 members (excludes halogenated alkanes) is 3. The van der Waals surface area contributed by atoms with Crippen LogP contribution >= 0.6 is 0 Å². The first-order valence-electron chi connectivity index (χ1n) is 7.24. The van der Waals surface area contributed by atoms with Gasteiger partial charge in [-0.25, -0.2) is 0 Å². The molecule has 0 saturated carbocycles. The number of nitrogens with one attached hydrogen (secondary N) is 2. The molecular weight excluding hydrogens is 284 g/mol. The zero-order valence-corrected chi connectivity index (χ0v) is 12.3. The van der Waals surface area contributed by atoms with Crippen LogP contribution in [-0.4, -0.2) is 37.5 Å². The summed E-state index contributed by atoms with van der Waals surface area (Å²) in [6.07, 6.45) is 4.73. The summed E-state index contributed by atoms with van der Waals surface area (Å²) in [5, 5.41) is 5.14. The average molecular weight is 304 g/mol. The van der Waals surface area contributed by atoms with E-state index in [9.17, 15) is 19.2 Å². The molecule has 2 amide bonds. The number of ketones is 1. The largest absolute Gasteiger partial charge is 0.359 e. The van der Waals surface area contributed by atoms with Crippen LogP contribution in [0.1, 0.15) is 46.4 Å². The van der Waals surface area contributed by atoms with Crippen molar-refractivity contribution < 1.29 is 19.2 Å². The van der Waals surface area contributed by atoms with Crippen molar-refractivity contribution in [1.82, 2.24) is 10.6 Å². The molecule has 1 rings (SSSR count). The van der Waals surface area contributed by atoms with Crippen LogP contribution in [0.3, 0.4) is 0 Å². The Labute approximate surface area is 129 Å². The molecule has 6 nitrogen and oxygen atoms in total. The molecule has 0 saturated heterocycles. The number of rotatable bonds is 11. The van der Waals surface area contributed by atoms with E-state index in [4.69, 9.17) is 0 Å². The summed E-state index contributed by atoms with van der Waals surface area (Å²) in [7, 11) is 0. The van der Waals surface area contributed by atoms with Crippen LogP contribution in [0.5, 0.6) is 0 Å². The molecule has 6 heteroatoms. The number of hydrogen-bond acceptors (Lipinski definition) is 4. The van der Waals surface area contributed by atoms with Crippen molar-refractivity contribution in [2.24, 2.45) is 0 Å². The van der Waals surface area contributed by atoms with E-state index in [1.807, 2.05) is 0 Å². The summed E-state index contributed by atoms with van der Waals surface area (Å²) < 4.78 is 0. The first-order valence-corrected chi connectivity index (χ1v) is 7.24. The van der Waals surface area contributed by atoms with Gasteiger partial charge in [0.1, 0.15) is 0 Å². The molecule has 0 radical (unpaired) electrons. The Hall–Kier alpha value is -2.50. The van der Waals surface area contributed by atoms with Crippen molar-refractivity contribution in [2.75, 3.05) is 13.1 Å².